The lowest BCUT2D eigenvalue weighted by Gasteiger charge is -2.27. The van der Waals surface area contributed by atoms with Gasteiger partial charge in [-0.3, -0.25) is 4.79 Å². The van der Waals surface area contributed by atoms with Gasteiger partial charge in [-0.05, 0) is 38.1 Å². The van der Waals surface area contributed by atoms with E-state index >= 15 is 0 Å². The van der Waals surface area contributed by atoms with Crippen LogP contribution in [0.2, 0.25) is 0 Å². The van der Waals surface area contributed by atoms with Crippen LogP contribution in [-0.2, 0) is 4.79 Å². The molecule has 3 nitrogen and oxygen atoms in total. The molecule has 0 aliphatic heterocycles. The third kappa shape index (κ3) is 7.78. The third-order valence-electron chi connectivity index (χ3n) is 4.03. The lowest BCUT2D eigenvalue weighted by Crippen LogP contribution is -2.37. The van der Waals surface area contributed by atoms with Gasteiger partial charge in [0.1, 0.15) is 0 Å². The maximum absolute atomic E-state index is 11.9. The topological polar surface area (TPSA) is 41.1 Å². The van der Waals surface area contributed by atoms with Crippen molar-refractivity contribution in [1.29, 1.82) is 0 Å². The van der Waals surface area contributed by atoms with Crippen LogP contribution in [0.5, 0.6) is 0 Å². The zero-order chi connectivity index (χ0) is 13.2. The molecule has 1 saturated carbocycles. The zero-order valence-corrected chi connectivity index (χ0v) is 13.4. The number of unbranched alkanes of at least 4 members (excludes halogenated alkanes) is 1. The molecule has 1 rings (SSSR count). The predicted octanol–water partition coefficient (Wildman–Crippen LogP) is 3.13. The molecule has 19 heavy (non-hydrogen) atoms. The lowest BCUT2D eigenvalue weighted by atomic mass is 9.79. The highest BCUT2D eigenvalue weighted by molar-refractivity contribution is 5.85. The Kier molecular flexibility index (Phi) is 11.4. The van der Waals surface area contributed by atoms with Crippen LogP contribution in [-0.4, -0.2) is 25.5 Å². The smallest absolute Gasteiger partial charge is 0.223 e. The van der Waals surface area contributed by atoms with Crippen LogP contribution < -0.4 is 10.6 Å². The third-order valence-corrected chi connectivity index (χ3v) is 4.03. The average Bonchev–Trinajstić information content (AvgIpc) is 2.41. The maximum Gasteiger partial charge on any atom is 0.223 e. The summed E-state index contributed by atoms with van der Waals surface area (Å²) >= 11 is 0. The van der Waals surface area contributed by atoms with Gasteiger partial charge in [0, 0.05) is 19.0 Å². The van der Waals surface area contributed by atoms with Crippen molar-refractivity contribution in [3.63, 3.8) is 0 Å². The van der Waals surface area contributed by atoms with Crippen LogP contribution >= 0.6 is 12.4 Å². The number of likely N-dealkylation sites (N-methyl/N-ethyl adjacent to an activating group) is 1. The van der Waals surface area contributed by atoms with Crippen LogP contribution in [0.1, 0.15) is 58.8 Å². The van der Waals surface area contributed by atoms with E-state index < -0.39 is 0 Å². The first-order valence-corrected chi connectivity index (χ1v) is 7.76. The molecular formula is C15H31ClN2O. The molecule has 1 aliphatic carbocycles. The lowest BCUT2D eigenvalue weighted by molar-refractivity contribution is -0.126. The van der Waals surface area contributed by atoms with Gasteiger partial charge in [0.15, 0.2) is 0 Å². The second-order valence-electron chi connectivity index (χ2n) is 5.50. The fraction of sp³-hybridized carbons (Fsp3) is 0.933. The van der Waals surface area contributed by atoms with Crippen molar-refractivity contribution in [3.8, 4) is 0 Å². The summed E-state index contributed by atoms with van der Waals surface area (Å²) in [6, 6.07) is 0. The Morgan fingerprint density at radius 2 is 1.79 bits per heavy atom. The van der Waals surface area contributed by atoms with Gasteiger partial charge in [0.25, 0.3) is 0 Å². The molecular weight excluding hydrogens is 260 g/mol. The van der Waals surface area contributed by atoms with Crippen LogP contribution in [0.4, 0.5) is 0 Å². The predicted molar refractivity (Wildman–Crippen MR) is 83.8 cm³/mol. The normalized spacial score (nSPS) is 22.6. The van der Waals surface area contributed by atoms with E-state index in [1.165, 1.54) is 32.1 Å². The Morgan fingerprint density at radius 1 is 1.11 bits per heavy atom. The molecule has 1 aliphatic rings. The Bertz CT molecular complexity index is 228. The largest absolute Gasteiger partial charge is 0.355 e. The Balaban J connectivity index is 0.00000324. The van der Waals surface area contributed by atoms with Gasteiger partial charge in [-0.25, -0.2) is 0 Å². The van der Waals surface area contributed by atoms with Gasteiger partial charge in [0.2, 0.25) is 5.91 Å². The van der Waals surface area contributed by atoms with Gasteiger partial charge in [-0.15, -0.1) is 12.4 Å². The zero-order valence-electron chi connectivity index (χ0n) is 12.5. The molecule has 0 spiro atoms. The number of carbonyl (C=O) groups excluding carboxylic acids is 1. The van der Waals surface area contributed by atoms with Gasteiger partial charge >= 0.3 is 0 Å². The van der Waals surface area contributed by atoms with E-state index in [9.17, 15) is 4.79 Å². The number of rotatable bonds is 8. The number of amides is 1. The van der Waals surface area contributed by atoms with Gasteiger partial charge in [-0.2, -0.15) is 0 Å². The number of nitrogens with one attached hydrogen (secondary N) is 2. The number of hydrogen-bond donors (Lipinski definition) is 2. The quantitative estimate of drug-likeness (QED) is 0.674. The molecule has 0 bridgehead atoms. The van der Waals surface area contributed by atoms with Crippen LogP contribution in [0.15, 0.2) is 0 Å². The summed E-state index contributed by atoms with van der Waals surface area (Å²) in [5.74, 6) is 1.45. The van der Waals surface area contributed by atoms with Crippen molar-refractivity contribution in [2.24, 2.45) is 11.8 Å². The summed E-state index contributed by atoms with van der Waals surface area (Å²) < 4.78 is 0. The first kappa shape index (κ1) is 18.7. The molecule has 0 aromatic rings. The van der Waals surface area contributed by atoms with E-state index in [1.807, 2.05) is 0 Å². The van der Waals surface area contributed by atoms with E-state index in [1.54, 1.807) is 0 Å². The minimum absolute atomic E-state index is 0. The monoisotopic (exact) mass is 290 g/mol. The Labute approximate surface area is 124 Å². The van der Waals surface area contributed by atoms with Crippen molar-refractivity contribution in [1.82, 2.24) is 10.6 Å². The first-order chi connectivity index (χ1) is 8.77. The second-order valence-corrected chi connectivity index (χ2v) is 5.50. The fourth-order valence-electron chi connectivity index (χ4n) is 2.80. The summed E-state index contributed by atoms with van der Waals surface area (Å²) in [4.78, 5) is 11.9. The number of hydrogen-bond acceptors (Lipinski definition) is 2. The molecule has 4 heteroatoms. The van der Waals surface area contributed by atoms with Crippen LogP contribution in [0.25, 0.3) is 0 Å². The summed E-state index contributed by atoms with van der Waals surface area (Å²) in [7, 11) is 0. The van der Waals surface area contributed by atoms with Gasteiger partial charge in [-0.1, -0.05) is 33.1 Å². The molecule has 2 N–H and O–H groups in total. The van der Waals surface area contributed by atoms with Crippen LogP contribution in [0.3, 0.4) is 0 Å². The minimum Gasteiger partial charge on any atom is -0.355 e. The standard InChI is InChI=1S/C15H30N2O.ClH/c1-3-5-6-13-7-9-14(10-8-13)15(18)17-12-11-16-4-2;/h13-14,16H,3-12H2,1-2H3,(H,17,18);1H. The van der Waals surface area contributed by atoms with Crippen molar-refractivity contribution < 1.29 is 4.79 Å². The van der Waals surface area contributed by atoms with Crippen molar-refractivity contribution in [2.45, 2.75) is 58.8 Å². The van der Waals surface area contributed by atoms with E-state index in [0.717, 1.165) is 38.4 Å². The highest BCUT2D eigenvalue weighted by atomic mass is 35.5. The molecule has 0 saturated heterocycles. The van der Waals surface area contributed by atoms with Gasteiger partial charge in [0.05, 0.1) is 0 Å². The van der Waals surface area contributed by atoms with Crippen molar-refractivity contribution in [3.05, 3.63) is 0 Å². The van der Waals surface area contributed by atoms with E-state index in [4.69, 9.17) is 0 Å². The summed E-state index contributed by atoms with van der Waals surface area (Å²) in [6.07, 6.45) is 8.72. The highest BCUT2D eigenvalue weighted by Gasteiger charge is 2.25. The number of halogens is 1. The van der Waals surface area contributed by atoms with Crippen molar-refractivity contribution >= 4 is 18.3 Å². The summed E-state index contributed by atoms with van der Waals surface area (Å²) in [6.45, 7) is 6.96. The first-order valence-electron chi connectivity index (χ1n) is 7.76. The molecule has 1 fully saturated rings. The summed E-state index contributed by atoms with van der Waals surface area (Å²) in [5.41, 5.74) is 0. The SMILES string of the molecule is CCCCC1CCC(C(=O)NCCNCC)CC1.Cl. The van der Waals surface area contributed by atoms with E-state index in [0.29, 0.717) is 0 Å². The minimum atomic E-state index is 0. The van der Waals surface area contributed by atoms with Crippen LogP contribution in [0, 0.1) is 11.8 Å². The Hall–Kier alpha value is -0.280. The number of carbonyl (C=O) groups is 1. The molecule has 0 atom stereocenters. The second kappa shape index (κ2) is 11.5. The molecule has 0 heterocycles. The highest BCUT2D eigenvalue weighted by Crippen LogP contribution is 2.31. The van der Waals surface area contributed by atoms with Gasteiger partial charge < -0.3 is 10.6 Å². The molecule has 0 unspecified atom stereocenters. The summed E-state index contributed by atoms with van der Waals surface area (Å²) in [5, 5.41) is 6.27. The van der Waals surface area contributed by atoms with E-state index in [2.05, 4.69) is 24.5 Å². The average molecular weight is 291 g/mol. The maximum atomic E-state index is 11.9. The fourth-order valence-corrected chi connectivity index (χ4v) is 2.80. The molecule has 1 amide bonds. The molecule has 0 aromatic heterocycles. The Morgan fingerprint density at radius 3 is 2.37 bits per heavy atom. The molecule has 0 aromatic carbocycles. The van der Waals surface area contributed by atoms with E-state index in [-0.39, 0.29) is 24.2 Å². The molecule has 0 radical (unpaired) electrons. The molecule has 114 valence electrons. The van der Waals surface area contributed by atoms with Crippen molar-refractivity contribution in [2.75, 3.05) is 19.6 Å².